The van der Waals surface area contributed by atoms with Crippen molar-refractivity contribution < 1.29 is 86.3 Å². The van der Waals surface area contributed by atoms with Crippen LogP contribution in [-0.4, -0.2) is 127 Å². The Morgan fingerprint density at radius 3 is 0.579 bits per heavy atom. The average molecular weight is 1730 g/mol. The highest BCUT2D eigenvalue weighted by Crippen LogP contribution is 2.33. The van der Waals surface area contributed by atoms with Crippen molar-refractivity contribution in [1.29, 1.82) is 0 Å². The number of aryl methyl sites for hydroxylation is 6. The quantitative estimate of drug-likeness (QED) is 0.0727. The minimum Gasteiger partial charge on any atom is -0.398 e. The first kappa shape index (κ1) is 64.8. The molecule has 0 saturated heterocycles. The predicted molar refractivity (Wildman–Crippen MR) is 468 cm³/mol. The summed E-state index contributed by atoms with van der Waals surface area (Å²) in [6, 6.07) is -15.8. The van der Waals surface area contributed by atoms with Gasteiger partial charge in [-0.25, -0.2) is 29.9 Å². The Labute approximate surface area is 743 Å². The number of carbonyl (C=O) groups excluding carboxylic acids is 12. The van der Waals surface area contributed by atoms with Gasteiger partial charge in [-0.15, -0.1) is 0 Å². The summed E-state index contributed by atoms with van der Waals surface area (Å²) in [6.07, 6.45) is -1.19. The summed E-state index contributed by atoms with van der Waals surface area (Å²) in [5, 5.41) is -1.15. The molecule has 6 aliphatic rings. The number of anilines is 6. The zero-order chi connectivity index (χ0) is 109. The van der Waals surface area contributed by atoms with Crippen molar-refractivity contribution in [2.75, 3.05) is 34.4 Å². The molecule has 36 heteroatoms. The van der Waals surface area contributed by atoms with Crippen molar-refractivity contribution in [3.8, 4) is 0 Å². The molecule has 12 N–H and O–H groups in total. The summed E-state index contributed by atoms with van der Waals surface area (Å²) in [5.41, 5.74) is 28.3. The number of fused-ring (bicyclic) bond motifs is 6. The van der Waals surface area contributed by atoms with Gasteiger partial charge in [-0.2, -0.15) is 0 Å². The van der Waals surface area contributed by atoms with E-state index in [1.807, 2.05) is 0 Å². The number of benzene rings is 6. The van der Waals surface area contributed by atoms with Crippen LogP contribution in [-0.2, 0) is 57.5 Å². The van der Waals surface area contributed by atoms with Crippen molar-refractivity contribution in [3.05, 3.63) is 206 Å². The largest absolute Gasteiger partial charge is 0.398 e. The fourth-order valence-electron chi connectivity index (χ4n) is 15.6. The lowest BCUT2D eigenvalue weighted by Crippen LogP contribution is -2.36. The lowest BCUT2D eigenvalue weighted by molar-refractivity contribution is -0.133. The fraction of sp³-hybridized carbons (Fsp3) is 0.333. The second-order valence-electron chi connectivity index (χ2n) is 29.9. The molecule has 0 spiro atoms. The molecule has 126 heavy (non-hydrogen) atoms. The van der Waals surface area contributed by atoms with Gasteiger partial charge < -0.3 is 34.4 Å². The zero-order valence-electron chi connectivity index (χ0n) is 89.1. The first-order chi connectivity index (χ1) is 68.5. The van der Waals surface area contributed by atoms with Crippen LogP contribution < -0.4 is 67.8 Å². The number of carbonyl (C=O) groups is 12. The van der Waals surface area contributed by atoms with Gasteiger partial charge in [-0.05, 0) is 153 Å². The van der Waals surface area contributed by atoms with Gasteiger partial charge in [0.15, 0.2) is 34.7 Å². The van der Waals surface area contributed by atoms with Crippen LogP contribution in [0.25, 0.3) is 65.4 Å². The van der Waals surface area contributed by atoms with Crippen molar-refractivity contribution in [2.24, 2.45) is 0 Å². The summed E-state index contributed by atoms with van der Waals surface area (Å²) in [6.45, 7) is 8.81. The summed E-state index contributed by atoms with van der Waals surface area (Å²) >= 11 is 0. The van der Waals surface area contributed by atoms with E-state index in [9.17, 15) is 86.3 Å². The smallest absolute Gasteiger partial charge is 0.264 e. The molecular weight excluding hydrogens is 1620 g/mol. The molecule has 0 bridgehead atoms. The summed E-state index contributed by atoms with van der Waals surface area (Å²) in [5.74, 6) is -3.83. The van der Waals surface area contributed by atoms with E-state index in [-0.39, 0.29) is 301 Å². The third-order valence-electron chi connectivity index (χ3n) is 21.5. The number of aromatic nitrogens is 12. The van der Waals surface area contributed by atoms with E-state index in [1.165, 1.54) is 55.2 Å². The zero-order valence-corrected chi connectivity index (χ0v) is 68.1. The van der Waals surface area contributed by atoms with Crippen LogP contribution in [0.4, 0.5) is 34.1 Å². The Balaban J connectivity index is 0.000000147. The molecule has 6 aromatic carbocycles. The molecule has 6 aliphatic carbocycles. The highest BCUT2D eigenvalue weighted by molar-refractivity contribution is 6.08. The Morgan fingerprint density at radius 1 is 0.246 bits per heavy atom. The second kappa shape index (κ2) is 36.6. The van der Waals surface area contributed by atoms with Crippen LogP contribution in [0.5, 0.6) is 0 Å². The molecule has 6 atom stereocenters. The fourth-order valence-corrected chi connectivity index (χ4v) is 15.6. The van der Waals surface area contributed by atoms with Crippen LogP contribution in [0, 0.1) is 41.5 Å². The lowest BCUT2D eigenvalue weighted by atomic mass is 9.92. The Bertz CT molecular complexity index is 7680. The van der Waals surface area contributed by atoms with Crippen LogP contribution in [0.3, 0.4) is 0 Å². The molecule has 0 aliphatic heterocycles. The second-order valence-corrected chi connectivity index (χ2v) is 29.9. The number of Topliss-reactive ketones (excluding diaryl/α,β-unsaturated/α-hetero) is 12. The number of hydrogen-bond acceptors (Lipinski definition) is 30. The first-order valence-electron chi connectivity index (χ1n) is 49.5. The molecule has 6 fully saturated rings. The first-order valence-corrected chi connectivity index (χ1v) is 39.0. The Morgan fingerprint density at radius 2 is 0.405 bits per heavy atom. The molecule has 6 saturated carbocycles. The minimum absolute atomic E-state index is 0.00626. The third kappa shape index (κ3) is 17.8. The summed E-state index contributed by atoms with van der Waals surface area (Å²) < 4.78 is 172. The number of nitrogen functional groups attached to an aromatic ring is 6. The monoisotopic (exact) mass is 1730 g/mol. The number of nitrogens with two attached hydrogens (primary N) is 6. The van der Waals surface area contributed by atoms with Gasteiger partial charge in [0.25, 0.3) is 33.4 Å². The van der Waals surface area contributed by atoms with Crippen molar-refractivity contribution in [1.82, 2.24) is 57.3 Å². The SMILES string of the molecule is [2H]c1c([2H])c(N)c2c(=O)n(C3([2H])CCC(=O)CC3=O)c(C)nc2c1[2H].[2H]c1c([2H])c(N)c2c(=O)n(C3CCC(=O)CC3=O)c(C)nc2c1[2H].[2H]c1c([2H])c(N)c2c(=O)n([C@@H]3CCC(=O)CC3=O)c(C)nc2c1[2H].[2H]c1c([2H])c(N)c2c(=O)n([C@@]3([2H])CCC(=O)CC3=O)c(C)nc2c1[2H].[2H]c1c([2H])c(N)c2c(=O)n([C@H]3CCC(=O)CC3=O)c(C)nc2c1[2H].[2H]c1c([2H])c(N)c2c(=O)n([C@]3([2H])CCC(=O)CC3=O)c(C)nc2c1[2H]. The van der Waals surface area contributed by atoms with Gasteiger partial charge in [-0.1, -0.05) is 36.3 Å². The van der Waals surface area contributed by atoms with E-state index in [0.717, 1.165) is 13.7 Å². The minimum atomic E-state index is -1.98. The number of hydrogen-bond donors (Lipinski definition) is 6. The van der Waals surface area contributed by atoms with E-state index >= 15 is 0 Å². The number of rotatable bonds is 6. The van der Waals surface area contributed by atoms with E-state index in [1.54, 1.807) is 0 Å². The van der Waals surface area contributed by atoms with Crippen molar-refractivity contribution >= 4 is 169 Å². The highest BCUT2D eigenvalue weighted by Gasteiger charge is 2.38. The van der Waals surface area contributed by atoms with E-state index in [0.29, 0.717) is 0 Å². The number of nitrogens with zero attached hydrogens (tertiary/aromatic N) is 12. The predicted octanol–water partition coefficient (Wildman–Crippen LogP) is 6.90. The topological polar surface area (TPSA) is 570 Å². The average Bonchev–Trinajstić information content (AvgIpc) is 0.721. The molecule has 0 amide bonds. The molecular formula is C90H90N18O18. The molecule has 6 heterocycles. The van der Waals surface area contributed by atoms with Crippen LogP contribution >= 0.6 is 0 Å². The number of ketones is 12. The van der Waals surface area contributed by atoms with Gasteiger partial charge >= 0.3 is 0 Å². The van der Waals surface area contributed by atoms with Crippen molar-refractivity contribution in [3.63, 3.8) is 0 Å². The molecule has 18 rings (SSSR count). The Hall–Kier alpha value is -15.0. The molecule has 12 aromatic rings. The van der Waals surface area contributed by atoms with Gasteiger partial charge in [0, 0.05) is 72.6 Å². The maximum Gasteiger partial charge on any atom is 0.264 e. The van der Waals surface area contributed by atoms with Gasteiger partial charge in [0.05, 0.1) is 169 Å². The molecule has 6 aromatic heterocycles. The highest BCUT2D eigenvalue weighted by atomic mass is 16.2. The van der Waals surface area contributed by atoms with E-state index in [4.69, 9.17) is 63.2 Å². The van der Waals surface area contributed by atoms with Gasteiger partial charge in [0.1, 0.15) is 69.6 Å². The third-order valence-corrected chi connectivity index (χ3v) is 21.5. The van der Waals surface area contributed by atoms with Crippen LogP contribution in [0.2, 0.25) is 0 Å². The summed E-state index contributed by atoms with van der Waals surface area (Å²) in [4.78, 5) is 244. The molecule has 648 valence electrons. The van der Waals surface area contributed by atoms with E-state index < -0.39 is 197 Å². The molecule has 2 unspecified atom stereocenters. The van der Waals surface area contributed by atoms with Gasteiger partial charge in [0.2, 0.25) is 0 Å². The van der Waals surface area contributed by atoms with Crippen LogP contribution in [0.15, 0.2) is 138 Å². The van der Waals surface area contributed by atoms with E-state index in [2.05, 4.69) is 29.9 Å². The standard InChI is InChI=1S/6C15H15N3O3/c6*1-8-17-11-4-2-3-10(16)14(11)15(21)18(8)12-6-5-9(19)7-13(12)20/h6*2-4,12H,5-7,16H2,1H3/t4*12-;;/m1100../s1/i2D,3D,4D,12D;2D,3D,4D;2D,3D,4D,12D;2D,3D,4D;2D,3D,4D,12D;2D,3D,4D. The van der Waals surface area contributed by atoms with Gasteiger partial charge in [-0.3, -0.25) is 114 Å². The maximum absolute atomic E-state index is 13.0. The Kier molecular flexibility index (Phi) is 18.8. The maximum atomic E-state index is 13.0. The van der Waals surface area contributed by atoms with Crippen molar-refractivity contribution in [2.45, 2.75) is 193 Å². The lowest BCUT2D eigenvalue weighted by Gasteiger charge is -2.24. The molecule has 36 nitrogen and oxygen atoms in total. The van der Waals surface area contributed by atoms with Crippen LogP contribution in [0.1, 0.15) is 215 Å². The molecule has 0 radical (unpaired) electrons. The normalized spacial score (nSPS) is 23.3. The summed E-state index contributed by atoms with van der Waals surface area (Å²) in [7, 11) is 0.